The van der Waals surface area contributed by atoms with E-state index in [1.165, 1.54) is 12.1 Å². The number of benzene rings is 1. The zero-order valence-corrected chi connectivity index (χ0v) is 13.3. The number of nitrogens with one attached hydrogen (secondary N) is 1. The lowest BCUT2D eigenvalue weighted by Gasteiger charge is -2.37. The molecule has 1 aromatic carbocycles. The molecule has 1 fully saturated rings. The van der Waals surface area contributed by atoms with Gasteiger partial charge in [0.15, 0.2) is 0 Å². The van der Waals surface area contributed by atoms with Gasteiger partial charge in [0.05, 0.1) is 11.9 Å². The molecule has 0 bridgehead atoms. The number of hydrogen-bond donors (Lipinski definition) is 2. The van der Waals surface area contributed by atoms with E-state index in [2.05, 4.69) is 4.72 Å². The standard InChI is InChI=1S/C14H19ClFNO3S/c1-2-14(10-5-12(18)6-10)17-21(19,20)8-9-3-4-11(15)7-13(9)16/h3-4,7,10,12,14,17-18H,2,5-6,8H2,1H3/t10?,12?,14-/m0/s1. The fraction of sp³-hybridized carbons (Fsp3) is 0.571. The van der Waals surface area contributed by atoms with Crippen molar-refractivity contribution < 1.29 is 17.9 Å². The molecule has 2 rings (SSSR count). The third kappa shape index (κ3) is 4.39. The van der Waals surface area contributed by atoms with Crippen molar-refractivity contribution in [3.63, 3.8) is 0 Å². The van der Waals surface area contributed by atoms with E-state index in [-0.39, 0.29) is 28.6 Å². The Hall–Kier alpha value is -0.690. The molecule has 0 aliphatic heterocycles. The van der Waals surface area contributed by atoms with Crippen LogP contribution in [0.4, 0.5) is 4.39 Å². The van der Waals surface area contributed by atoms with Gasteiger partial charge in [-0.3, -0.25) is 0 Å². The monoisotopic (exact) mass is 335 g/mol. The van der Waals surface area contributed by atoms with Crippen LogP contribution in [-0.4, -0.2) is 25.7 Å². The third-order valence-corrected chi connectivity index (χ3v) is 5.44. The van der Waals surface area contributed by atoms with Crippen LogP contribution >= 0.6 is 11.6 Å². The van der Waals surface area contributed by atoms with Crippen molar-refractivity contribution in [2.75, 3.05) is 0 Å². The molecule has 0 heterocycles. The van der Waals surface area contributed by atoms with E-state index >= 15 is 0 Å². The molecule has 2 N–H and O–H groups in total. The molecule has 0 aromatic heterocycles. The summed E-state index contributed by atoms with van der Waals surface area (Å²) in [6, 6.07) is 3.74. The Kier molecular flexibility index (Phi) is 5.24. The fourth-order valence-corrected chi connectivity index (χ4v) is 4.29. The van der Waals surface area contributed by atoms with E-state index in [1.807, 2.05) is 6.92 Å². The van der Waals surface area contributed by atoms with E-state index in [4.69, 9.17) is 11.6 Å². The first kappa shape index (κ1) is 16.7. The van der Waals surface area contributed by atoms with E-state index in [0.717, 1.165) is 6.07 Å². The highest BCUT2D eigenvalue weighted by atomic mass is 35.5. The van der Waals surface area contributed by atoms with Crippen LogP contribution in [0.1, 0.15) is 31.7 Å². The normalized spacial score (nSPS) is 23.6. The lowest BCUT2D eigenvalue weighted by Crippen LogP contribution is -2.46. The number of aliphatic hydroxyl groups excluding tert-OH is 1. The van der Waals surface area contributed by atoms with Crippen molar-refractivity contribution >= 4 is 21.6 Å². The van der Waals surface area contributed by atoms with E-state index in [0.29, 0.717) is 19.3 Å². The minimum atomic E-state index is -3.63. The Morgan fingerprint density at radius 1 is 1.48 bits per heavy atom. The van der Waals surface area contributed by atoms with Crippen molar-refractivity contribution in [2.24, 2.45) is 5.92 Å². The molecule has 118 valence electrons. The number of sulfonamides is 1. The summed E-state index contributed by atoms with van der Waals surface area (Å²) in [6.45, 7) is 1.89. The SMILES string of the molecule is CC[C@H](NS(=O)(=O)Cc1ccc(Cl)cc1F)C1CC(O)C1. The number of hydrogen-bond acceptors (Lipinski definition) is 3. The van der Waals surface area contributed by atoms with Crippen molar-refractivity contribution in [1.82, 2.24) is 4.72 Å². The molecule has 1 atom stereocenters. The maximum absolute atomic E-state index is 13.7. The molecular formula is C14H19ClFNO3S. The highest BCUT2D eigenvalue weighted by Gasteiger charge is 2.35. The van der Waals surface area contributed by atoms with Crippen molar-refractivity contribution in [1.29, 1.82) is 0 Å². The average molecular weight is 336 g/mol. The zero-order chi connectivity index (χ0) is 15.6. The van der Waals surface area contributed by atoms with Crippen LogP contribution in [-0.2, 0) is 15.8 Å². The van der Waals surface area contributed by atoms with E-state index in [1.54, 1.807) is 0 Å². The Morgan fingerprint density at radius 3 is 2.67 bits per heavy atom. The second-order valence-corrected chi connectivity index (χ2v) is 7.70. The molecule has 0 spiro atoms. The quantitative estimate of drug-likeness (QED) is 0.839. The highest BCUT2D eigenvalue weighted by molar-refractivity contribution is 7.88. The van der Waals surface area contributed by atoms with E-state index in [9.17, 15) is 17.9 Å². The fourth-order valence-electron chi connectivity index (χ4n) is 2.59. The molecule has 1 aliphatic carbocycles. The summed E-state index contributed by atoms with van der Waals surface area (Å²) in [6.07, 6.45) is 1.52. The summed E-state index contributed by atoms with van der Waals surface area (Å²) < 4.78 is 40.6. The van der Waals surface area contributed by atoms with Gasteiger partial charge in [-0.2, -0.15) is 0 Å². The third-order valence-electron chi connectivity index (χ3n) is 3.85. The van der Waals surface area contributed by atoms with Gasteiger partial charge in [0.25, 0.3) is 0 Å². The molecule has 0 radical (unpaired) electrons. The van der Waals surface area contributed by atoms with Crippen LogP contribution in [0.2, 0.25) is 5.02 Å². The smallest absolute Gasteiger partial charge is 0.216 e. The first-order chi connectivity index (χ1) is 9.80. The summed E-state index contributed by atoms with van der Waals surface area (Å²) >= 11 is 5.65. The van der Waals surface area contributed by atoms with Gasteiger partial charge >= 0.3 is 0 Å². The Labute approximate surface area is 129 Å². The van der Waals surface area contributed by atoms with Crippen LogP contribution in [0.15, 0.2) is 18.2 Å². The summed E-state index contributed by atoms with van der Waals surface area (Å²) in [4.78, 5) is 0. The molecular weight excluding hydrogens is 317 g/mol. The Morgan fingerprint density at radius 2 is 2.14 bits per heavy atom. The molecule has 0 saturated heterocycles. The van der Waals surface area contributed by atoms with Crippen LogP contribution in [0.25, 0.3) is 0 Å². The predicted octanol–water partition coefficient (Wildman–Crippen LogP) is 2.45. The lowest BCUT2D eigenvalue weighted by molar-refractivity contribution is 0.0277. The molecule has 0 amide bonds. The maximum atomic E-state index is 13.7. The van der Waals surface area contributed by atoms with Gasteiger partial charge in [-0.15, -0.1) is 0 Å². The topological polar surface area (TPSA) is 66.4 Å². The average Bonchev–Trinajstić information content (AvgIpc) is 2.36. The molecule has 4 nitrogen and oxygen atoms in total. The van der Waals surface area contributed by atoms with Gasteiger partial charge in [-0.1, -0.05) is 24.6 Å². The lowest BCUT2D eigenvalue weighted by atomic mass is 9.77. The van der Waals surface area contributed by atoms with Crippen LogP contribution in [0.3, 0.4) is 0 Å². The second-order valence-electron chi connectivity index (χ2n) is 5.51. The largest absolute Gasteiger partial charge is 0.393 e. The van der Waals surface area contributed by atoms with Crippen LogP contribution < -0.4 is 4.72 Å². The van der Waals surface area contributed by atoms with E-state index < -0.39 is 21.6 Å². The molecule has 21 heavy (non-hydrogen) atoms. The second kappa shape index (κ2) is 6.60. The van der Waals surface area contributed by atoms with Gasteiger partial charge in [0.2, 0.25) is 10.0 Å². The number of aliphatic hydroxyl groups is 1. The van der Waals surface area contributed by atoms with Crippen molar-refractivity contribution in [2.45, 2.75) is 44.1 Å². The number of rotatable bonds is 6. The molecule has 1 aliphatic rings. The minimum Gasteiger partial charge on any atom is -0.393 e. The molecule has 0 unspecified atom stereocenters. The Bertz CT molecular complexity index is 602. The molecule has 7 heteroatoms. The Balaban J connectivity index is 2.04. The first-order valence-electron chi connectivity index (χ1n) is 6.92. The summed E-state index contributed by atoms with van der Waals surface area (Å²) in [5.74, 6) is -0.892. The van der Waals surface area contributed by atoms with Gasteiger partial charge < -0.3 is 5.11 Å². The maximum Gasteiger partial charge on any atom is 0.216 e. The minimum absolute atomic E-state index is 0.0930. The highest BCUT2D eigenvalue weighted by Crippen LogP contribution is 2.32. The van der Waals surface area contributed by atoms with Crippen LogP contribution in [0.5, 0.6) is 0 Å². The summed E-state index contributed by atoms with van der Waals surface area (Å²) in [5.41, 5.74) is 0.0930. The molecule has 1 saturated carbocycles. The van der Waals surface area contributed by atoms with Crippen LogP contribution in [0, 0.1) is 11.7 Å². The number of halogens is 2. The zero-order valence-electron chi connectivity index (χ0n) is 11.7. The molecule has 1 aromatic rings. The van der Waals surface area contributed by atoms with Gasteiger partial charge in [0, 0.05) is 16.6 Å². The van der Waals surface area contributed by atoms with Gasteiger partial charge in [-0.25, -0.2) is 17.5 Å². The first-order valence-corrected chi connectivity index (χ1v) is 8.95. The summed E-state index contributed by atoms with van der Waals surface area (Å²) in [5, 5.41) is 9.55. The summed E-state index contributed by atoms with van der Waals surface area (Å²) in [7, 11) is -3.63. The predicted molar refractivity (Wildman–Crippen MR) is 80.0 cm³/mol. The van der Waals surface area contributed by atoms with Gasteiger partial charge in [0.1, 0.15) is 5.82 Å². The van der Waals surface area contributed by atoms with Gasteiger partial charge in [-0.05, 0) is 37.3 Å². The van der Waals surface area contributed by atoms with Crippen molar-refractivity contribution in [3.05, 3.63) is 34.6 Å². The van der Waals surface area contributed by atoms with Crippen molar-refractivity contribution in [3.8, 4) is 0 Å².